The van der Waals surface area contributed by atoms with Crippen LogP contribution in [0.1, 0.15) is 27.0 Å². The van der Waals surface area contributed by atoms with Crippen molar-refractivity contribution in [3.8, 4) is 5.75 Å². The Balaban J connectivity index is 1.30. The molecule has 0 radical (unpaired) electrons. The number of benzene rings is 4. The van der Waals surface area contributed by atoms with Gasteiger partial charge in [-0.15, -0.1) is 0 Å². The Morgan fingerprint density at radius 2 is 1.72 bits per heavy atom. The Bertz CT molecular complexity index is 1570. The van der Waals surface area contributed by atoms with Crippen molar-refractivity contribution in [3.05, 3.63) is 113 Å². The molecule has 8 heteroatoms. The molecule has 0 atom stereocenters. The molecule has 180 valence electrons. The van der Waals surface area contributed by atoms with Crippen LogP contribution in [-0.2, 0) is 12.8 Å². The Kier molecular flexibility index (Phi) is 6.16. The highest BCUT2D eigenvalue weighted by atomic mass is 19.4. The number of amides is 1. The van der Waals surface area contributed by atoms with E-state index in [0.717, 1.165) is 39.4 Å². The monoisotopic (exact) mass is 487 g/mol. The molecule has 5 nitrogen and oxygen atoms in total. The van der Waals surface area contributed by atoms with Crippen LogP contribution < -0.4 is 10.2 Å². The van der Waals surface area contributed by atoms with Crippen LogP contribution in [0, 0.1) is 0 Å². The number of carbonyl (C=O) groups is 1. The number of rotatable bonds is 6. The molecule has 1 amide bonds. The number of fused-ring (bicyclic) bond motifs is 2. The Morgan fingerprint density at radius 1 is 0.944 bits per heavy atom. The van der Waals surface area contributed by atoms with Gasteiger partial charge in [-0.05, 0) is 59.5 Å². The molecule has 1 heterocycles. The van der Waals surface area contributed by atoms with Gasteiger partial charge in [-0.3, -0.25) is 4.79 Å². The first kappa shape index (κ1) is 23.2. The van der Waals surface area contributed by atoms with Gasteiger partial charge in [0.15, 0.2) is 0 Å². The smallest absolute Gasteiger partial charge is 0.416 e. The summed E-state index contributed by atoms with van der Waals surface area (Å²) in [4.78, 5) is 15.6. The van der Waals surface area contributed by atoms with Crippen molar-refractivity contribution < 1.29 is 22.7 Å². The fourth-order valence-electron chi connectivity index (χ4n) is 3.90. The van der Waals surface area contributed by atoms with Crippen molar-refractivity contribution in [1.29, 1.82) is 0 Å². The van der Waals surface area contributed by atoms with Crippen LogP contribution in [0.25, 0.3) is 21.7 Å². The standard InChI is InChI=1S/C28H20F3N3O2/c29-28(30,31)22-9-5-18(6-10-22)17-36-26-12-8-21(23-3-1-2-4-24(23)26)16-33-34-27(35)20-7-11-25-19(15-20)13-14-32-25/h1-16,32H,17H2,(H,34,35). The molecule has 0 aliphatic carbocycles. The summed E-state index contributed by atoms with van der Waals surface area (Å²) in [5.74, 6) is 0.265. The Labute approximate surface area is 204 Å². The quantitative estimate of drug-likeness (QED) is 0.207. The summed E-state index contributed by atoms with van der Waals surface area (Å²) in [5, 5.41) is 6.73. The Morgan fingerprint density at radius 3 is 2.50 bits per heavy atom. The minimum Gasteiger partial charge on any atom is -0.488 e. The topological polar surface area (TPSA) is 66.5 Å². The fourth-order valence-corrected chi connectivity index (χ4v) is 3.90. The van der Waals surface area contributed by atoms with E-state index in [1.807, 2.05) is 48.7 Å². The minimum atomic E-state index is -4.37. The van der Waals surface area contributed by atoms with E-state index >= 15 is 0 Å². The molecule has 0 saturated heterocycles. The summed E-state index contributed by atoms with van der Waals surface area (Å²) in [6, 6.07) is 23.3. The second-order valence-electron chi connectivity index (χ2n) is 8.16. The lowest BCUT2D eigenvalue weighted by molar-refractivity contribution is -0.137. The molecule has 5 rings (SSSR count). The molecule has 4 aromatic carbocycles. The first-order valence-corrected chi connectivity index (χ1v) is 11.1. The number of aromatic nitrogens is 1. The van der Waals surface area contributed by atoms with Crippen LogP contribution in [-0.4, -0.2) is 17.1 Å². The molecule has 2 N–H and O–H groups in total. The van der Waals surface area contributed by atoms with Gasteiger partial charge in [0.2, 0.25) is 0 Å². The predicted molar refractivity (Wildman–Crippen MR) is 133 cm³/mol. The van der Waals surface area contributed by atoms with Crippen LogP contribution in [0.15, 0.2) is 96.2 Å². The summed E-state index contributed by atoms with van der Waals surface area (Å²) in [7, 11) is 0. The number of nitrogens with one attached hydrogen (secondary N) is 2. The molecule has 0 saturated carbocycles. The first-order chi connectivity index (χ1) is 17.4. The third-order valence-electron chi connectivity index (χ3n) is 5.78. The van der Waals surface area contributed by atoms with Crippen LogP contribution >= 0.6 is 0 Å². The molecule has 0 aliphatic rings. The van der Waals surface area contributed by atoms with Crippen LogP contribution in [0.5, 0.6) is 5.75 Å². The van der Waals surface area contributed by atoms with Gasteiger partial charge in [0.05, 0.1) is 11.8 Å². The van der Waals surface area contributed by atoms with E-state index in [4.69, 9.17) is 4.74 Å². The van der Waals surface area contributed by atoms with Crippen molar-refractivity contribution >= 4 is 33.8 Å². The number of ether oxygens (including phenoxy) is 1. The number of hydrogen-bond donors (Lipinski definition) is 2. The molecule has 1 aromatic heterocycles. The van der Waals surface area contributed by atoms with Gasteiger partial charge in [0.25, 0.3) is 5.91 Å². The highest BCUT2D eigenvalue weighted by Crippen LogP contribution is 2.31. The summed E-state index contributed by atoms with van der Waals surface area (Å²) >= 11 is 0. The number of alkyl halides is 3. The average molecular weight is 487 g/mol. The van der Waals surface area contributed by atoms with Gasteiger partial charge < -0.3 is 9.72 Å². The number of halogens is 3. The van der Waals surface area contributed by atoms with Crippen molar-refractivity contribution in [3.63, 3.8) is 0 Å². The van der Waals surface area contributed by atoms with Gasteiger partial charge in [-0.2, -0.15) is 18.3 Å². The molecule has 0 unspecified atom stereocenters. The van der Waals surface area contributed by atoms with Crippen molar-refractivity contribution in [2.75, 3.05) is 0 Å². The second kappa shape index (κ2) is 9.58. The zero-order chi connectivity index (χ0) is 25.1. The lowest BCUT2D eigenvalue weighted by atomic mass is 10.0. The number of hydrogen-bond acceptors (Lipinski definition) is 3. The van der Waals surface area contributed by atoms with Gasteiger partial charge in [-0.1, -0.05) is 36.4 Å². The maximum atomic E-state index is 12.8. The number of H-pyrrole nitrogens is 1. The van der Waals surface area contributed by atoms with Gasteiger partial charge in [0, 0.05) is 33.6 Å². The van der Waals surface area contributed by atoms with Gasteiger partial charge in [0.1, 0.15) is 12.4 Å². The number of aromatic amines is 1. The minimum absolute atomic E-state index is 0.122. The number of nitrogens with zero attached hydrogens (tertiary/aromatic N) is 1. The van der Waals surface area contributed by atoms with Crippen LogP contribution in [0.3, 0.4) is 0 Å². The van der Waals surface area contributed by atoms with Gasteiger partial charge >= 0.3 is 6.18 Å². The SMILES string of the molecule is O=C(NN=Cc1ccc(OCc2ccc(C(F)(F)F)cc2)c2ccccc12)c1ccc2[nH]ccc2c1. The van der Waals surface area contributed by atoms with E-state index in [-0.39, 0.29) is 12.5 Å². The highest BCUT2D eigenvalue weighted by molar-refractivity contribution is 6.03. The molecule has 0 spiro atoms. The number of carbonyl (C=O) groups excluding carboxylic acids is 1. The summed E-state index contributed by atoms with van der Waals surface area (Å²) in [5.41, 5.74) is 4.70. The fraction of sp³-hybridized carbons (Fsp3) is 0.0714. The summed E-state index contributed by atoms with van der Waals surface area (Å²) in [6.45, 7) is 0.122. The molecular weight excluding hydrogens is 467 g/mol. The lowest BCUT2D eigenvalue weighted by Crippen LogP contribution is -2.17. The van der Waals surface area contributed by atoms with Crippen molar-refractivity contribution in [2.24, 2.45) is 5.10 Å². The van der Waals surface area contributed by atoms with Crippen LogP contribution in [0.2, 0.25) is 0 Å². The van der Waals surface area contributed by atoms with Crippen molar-refractivity contribution in [1.82, 2.24) is 10.4 Å². The Hall–Kier alpha value is -4.59. The third-order valence-corrected chi connectivity index (χ3v) is 5.78. The highest BCUT2D eigenvalue weighted by Gasteiger charge is 2.29. The molecule has 36 heavy (non-hydrogen) atoms. The second-order valence-corrected chi connectivity index (χ2v) is 8.16. The molecule has 0 aliphatic heterocycles. The van der Waals surface area contributed by atoms with E-state index in [0.29, 0.717) is 16.9 Å². The molecule has 0 fully saturated rings. The molecule has 0 bridgehead atoms. The largest absolute Gasteiger partial charge is 0.488 e. The third kappa shape index (κ3) is 4.93. The van der Waals surface area contributed by atoms with Gasteiger partial charge in [-0.25, -0.2) is 5.43 Å². The molecule has 5 aromatic rings. The normalized spacial score (nSPS) is 11.9. The first-order valence-electron chi connectivity index (χ1n) is 11.1. The molecular formula is C28H20F3N3O2. The van der Waals surface area contributed by atoms with Crippen molar-refractivity contribution in [2.45, 2.75) is 12.8 Å². The van der Waals surface area contributed by atoms with E-state index in [1.54, 1.807) is 24.4 Å². The maximum Gasteiger partial charge on any atom is 0.416 e. The number of hydrazone groups is 1. The van der Waals surface area contributed by atoms with E-state index in [1.165, 1.54) is 12.1 Å². The predicted octanol–water partition coefficient (Wildman–Crippen LogP) is 6.68. The lowest BCUT2D eigenvalue weighted by Gasteiger charge is -2.12. The summed E-state index contributed by atoms with van der Waals surface area (Å²) < 4.78 is 44.3. The zero-order valence-corrected chi connectivity index (χ0v) is 18.8. The summed E-state index contributed by atoms with van der Waals surface area (Å²) in [6.07, 6.45) is -0.996. The van der Waals surface area contributed by atoms with E-state index in [2.05, 4.69) is 15.5 Å². The van der Waals surface area contributed by atoms with E-state index in [9.17, 15) is 18.0 Å². The van der Waals surface area contributed by atoms with Crippen LogP contribution in [0.4, 0.5) is 13.2 Å². The average Bonchev–Trinajstić information content (AvgIpc) is 3.36. The maximum absolute atomic E-state index is 12.8. The zero-order valence-electron chi connectivity index (χ0n) is 18.8. The van der Waals surface area contributed by atoms with E-state index < -0.39 is 11.7 Å².